The summed E-state index contributed by atoms with van der Waals surface area (Å²) in [5, 5.41) is 14.3. The molecular formula is C17H12FN3O. The van der Waals surface area contributed by atoms with Gasteiger partial charge in [0.2, 0.25) is 0 Å². The van der Waals surface area contributed by atoms with Gasteiger partial charge in [-0.2, -0.15) is 10.4 Å². The lowest BCUT2D eigenvalue weighted by Crippen LogP contribution is -2.24. The van der Waals surface area contributed by atoms with Gasteiger partial charge in [0.15, 0.2) is 0 Å². The Balaban J connectivity index is 2.18. The smallest absolute Gasteiger partial charge is 0.267 e. The Labute approximate surface area is 126 Å². The Morgan fingerprint density at radius 1 is 1.14 bits per heavy atom. The van der Waals surface area contributed by atoms with Crippen LogP contribution in [0.5, 0.6) is 0 Å². The van der Waals surface area contributed by atoms with Gasteiger partial charge in [0.05, 0.1) is 17.1 Å². The molecule has 0 saturated carbocycles. The highest BCUT2D eigenvalue weighted by molar-refractivity contribution is 5.83. The molecule has 0 aliphatic rings. The SMILES string of the molecule is N#CCn1nc(Cc2cccc(F)c2)c2ccccc2c1=O. The van der Waals surface area contributed by atoms with E-state index in [1.165, 1.54) is 12.1 Å². The van der Waals surface area contributed by atoms with E-state index in [1.54, 1.807) is 24.3 Å². The standard InChI is InChI=1S/C17H12FN3O/c18-13-5-3-4-12(10-13)11-16-14-6-1-2-7-15(14)17(22)21(20-16)9-8-19/h1-7,10H,9,11H2. The van der Waals surface area contributed by atoms with E-state index in [1.807, 2.05) is 18.2 Å². The van der Waals surface area contributed by atoms with E-state index in [4.69, 9.17) is 5.26 Å². The zero-order chi connectivity index (χ0) is 15.5. The Bertz CT molecular complexity index is 941. The summed E-state index contributed by atoms with van der Waals surface area (Å²) in [5.41, 5.74) is 1.12. The maximum atomic E-state index is 13.3. The van der Waals surface area contributed by atoms with E-state index in [0.717, 1.165) is 15.6 Å². The van der Waals surface area contributed by atoms with E-state index in [0.29, 0.717) is 17.5 Å². The van der Waals surface area contributed by atoms with Crippen molar-refractivity contribution >= 4 is 10.8 Å². The van der Waals surface area contributed by atoms with Crippen LogP contribution in [0.1, 0.15) is 11.3 Å². The van der Waals surface area contributed by atoms with Crippen LogP contribution in [0.25, 0.3) is 10.8 Å². The van der Waals surface area contributed by atoms with Gasteiger partial charge in [-0.15, -0.1) is 0 Å². The molecule has 0 radical (unpaired) electrons. The second kappa shape index (κ2) is 5.78. The van der Waals surface area contributed by atoms with E-state index in [9.17, 15) is 9.18 Å². The van der Waals surface area contributed by atoms with Crippen molar-refractivity contribution in [1.29, 1.82) is 5.26 Å². The maximum absolute atomic E-state index is 13.3. The molecule has 0 N–H and O–H groups in total. The molecule has 3 rings (SSSR count). The Morgan fingerprint density at radius 3 is 2.64 bits per heavy atom. The molecule has 4 nitrogen and oxygen atoms in total. The molecule has 3 aromatic rings. The fraction of sp³-hybridized carbons (Fsp3) is 0.118. The molecule has 0 spiro atoms. The van der Waals surface area contributed by atoms with Crippen LogP contribution in [0.4, 0.5) is 4.39 Å². The van der Waals surface area contributed by atoms with Crippen molar-refractivity contribution in [3.63, 3.8) is 0 Å². The average molecular weight is 293 g/mol. The first-order valence-corrected chi connectivity index (χ1v) is 6.79. The highest BCUT2D eigenvalue weighted by Gasteiger charge is 2.11. The predicted octanol–water partition coefficient (Wildman–Crippen LogP) is 2.65. The fourth-order valence-corrected chi connectivity index (χ4v) is 2.45. The van der Waals surface area contributed by atoms with E-state index in [2.05, 4.69) is 5.10 Å². The Morgan fingerprint density at radius 2 is 1.91 bits per heavy atom. The molecule has 0 fully saturated rings. The zero-order valence-corrected chi connectivity index (χ0v) is 11.7. The maximum Gasteiger partial charge on any atom is 0.275 e. The Kier molecular flexibility index (Phi) is 3.67. The minimum Gasteiger partial charge on any atom is -0.267 e. The summed E-state index contributed by atoms with van der Waals surface area (Å²) in [5.74, 6) is -0.313. The van der Waals surface area contributed by atoms with Gasteiger partial charge >= 0.3 is 0 Å². The monoisotopic (exact) mass is 293 g/mol. The van der Waals surface area contributed by atoms with Gasteiger partial charge in [-0.25, -0.2) is 9.07 Å². The molecule has 22 heavy (non-hydrogen) atoms. The van der Waals surface area contributed by atoms with Crippen LogP contribution >= 0.6 is 0 Å². The quantitative estimate of drug-likeness (QED) is 0.746. The molecule has 0 aliphatic heterocycles. The van der Waals surface area contributed by atoms with Gasteiger partial charge in [-0.3, -0.25) is 4.79 Å². The third-order valence-corrected chi connectivity index (χ3v) is 3.43. The first-order chi connectivity index (χ1) is 10.7. The molecule has 0 saturated heterocycles. The average Bonchev–Trinajstić information content (AvgIpc) is 2.52. The van der Waals surface area contributed by atoms with Crippen LogP contribution in [0, 0.1) is 17.1 Å². The summed E-state index contributed by atoms with van der Waals surface area (Å²) in [6, 6.07) is 15.3. The molecule has 0 amide bonds. The lowest BCUT2D eigenvalue weighted by molar-refractivity contribution is 0.624. The number of nitriles is 1. The van der Waals surface area contributed by atoms with Crippen LogP contribution in [-0.2, 0) is 13.0 Å². The number of nitrogens with zero attached hydrogens (tertiary/aromatic N) is 3. The number of rotatable bonds is 3. The van der Waals surface area contributed by atoms with Crippen LogP contribution < -0.4 is 5.56 Å². The number of benzene rings is 2. The van der Waals surface area contributed by atoms with Crippen LogP contribution in [0.15, 0.2) is 53.3 Å². The molecule has 0 aliphatic carbocycles. The van der Waals surface area contributed by atoms with Crippen molar-refractivity contribution in [2.24, 2.45) is 0 Å². The molecule has 108 valence electrons. The molecule has 1 heterocycles. The van der Waals surface area contributed by atoms with Crippen LogP contribution in [-0.4, -0.2) is 9.78 Å². The number of hydrogen-bond donors (Lipinski definition) is 0. The first kappa shape index (κ1) is 14.0. The minimum atomic E-state index is -0.313. The molecule has 0 bridgehead atoms. The molecule has 1 aromatic heterocycles. The summed E-state index contributed by atoms with van der Waals surface area (Å²) in [4.78, 5) is 12.3. The third-order valence-electron chi connectivity index (χ3n) is 3.43. The normalized spacial score (nSPS) is 10.5. The zero-order valence-electron chi connectivity index (χ0n) is 11.7. The summed E-state index contributed by atoms with van der Waals surface area (Å²) in [6.45, 7) is -0.111. The fourth-order valence-electron chi connectivity index (χ4n) is 2.45. The van der Waals surface area contributed by atoms with Gasteiger partial charge in [0.25, 0.3) is 5.56 Å². The summed E-state index contributed by atoms with van der Waals surface area (Å²) >= 11 is 0. The van der Waals surface area contributed by atoms with Crippen molar-refractivity contribution in [1.82, 2.24) is 9.78 Å². The van der Waals surface area contributed by atoms with Gasteiger partial charge in [-0.05, 0) is 23.8 Å². The van der Waals surface area contributed by atoms with Crippen molar-refractivity contribution in [3.05, 3.63) is 76.0 Å². The van der Waals surface area contributed by atoms with Crippen molar-refractivity contribution in [2.75, 3.05) is 0 Å². The summed E-state index contributed by atoms with van der Waals surface area (Å²) in [7, 11) is 0. The highest BCUT2D eigenvalue weighted by Crippen LogP contribution is 2.17. The minimum absolute atomic E-state index is 0.111. The summed E-state index contributed by atoms with van der Waals surface area (Å²) < 4.78 is 14.5. The molecule has 0 atom stereocenters. The van der Waals surface area contributed by atoms with Gasteiger partial charge < -0.3 is 0 Å². The van der Waals surface area contributed by atoms with Crippen molar-refractivity contribution < 1.29 is 4.39 Å². The summed E-state index contributed by atoms with van der Waals surface area (Å²) in [6.07, 6.45) is 0.393. The van der Waals surface area contributed by atoms with Crippen molar-refractivity contribution in [2.45, 2.75) is 13.0 Å². The number of hydrogen-bond acceptors (Lipinski definition) is 3. The third kappa shape index (κ3) is 2.59. The highest BCUT2D eigenvalue weighted by atomic mass is 19.1. The van der Waals surface area contributed by atoms with E-state index >= 15 is 0 Å². The van der Waals surface area contributed by atoms with Gasteiger partial charge in [0.1, 0.15) is 12.4 Å². The van der Waals surface area contributed by atoms with Crippen LogP contribution in [0.3, 0.4) is 0 Å². The number of halogens is 1. The lowest BCUT2D eigenvalue weighted by atomic mass is 10.0. The number of fused-ring (bicyclic) bond motifs is 1. The van der Waals surface area contributed by atoms with Gasteiger partial charge in [0, 0.05) is 11.8 Å². The largest absolute Gasteiger partial charge is 0.275 e. The predicted molar refractivity (Wildman–Crippen MR) is 80.8 cm³/mol. The Hall–Kier alpha value is -3.00. The lowest BCUT2D eigenvalue weighted by Gasteiger charge is -2.09. The molecule has 5 heteroatoms. The van der Waals surface area contributed by atoms with E-state index < -0.39 is 0 Å². The second-order valence-electron chi connectivity index (χ2n) is 4.92. The van der Waals surface area contributed by atoms with Crippen LogP contribution in [0.2, 0.25) is 0 Å². The second-order valence-corrected chi connectivity index (χ2v) is 4.92. The molecule has 2 aromatic carbocycles. The van der Waals surface area contributed by atoms with Gasteiger partial charge in [-0.1, -0.05) is 30.3 Å². The first-order valence-electron chi connectivity index (χ1n) is 6.79. The topological polar surface area (TPSA) is 58.7 Å². The van der Waals surface area contributed by atoms with Crippen molar-refractivity contribution in [3.8, 4) is 6.07 Å². The molecular weight excluding hydrogens is 281 g/mol. The number of aromatic nitrogens is 2. The van der Waals surface area contributed by atoms with E-state index in [-0.39, 0.29) is 17.9 Å². The molecule has 0 unspecified atom stereocenters.